The fourth-order valence-corrected chi connectivity index (χ4v) is 3.45. The van der Waals surface area contributed by atoms with Crippen molar-refractivity contribution >= 4 is 60.6 Å². The van der Waals surface area contributed by atoms with Crippen molar-refractivity contribution in [1.82, 2.24) is 9.66 Å². The highest BCUT2D eigenvalue weighted by molar-refractivity contribution is 9.10. The smallest absolute Gasteiger partial charge is 0.282 e. The number of ether oxygens (including phenoxy) is 1. The van der Waals surface area contributed by atoms with Crippen molar-refractivity contribution in [3.63, 3.8) is 0 Å². The molecule has 1 aromatic heterocycles. The minimum absolute atomic E-state index is 0.104. The molecule has 0 atom stereocenters. The van der Waals surface area contributed by atoms with Crippen LogP contribution in [0, 0.1) is 6.92 Å². The lowest BCUT2D eigenvalue weighted by molar-refractivity contribution is 0.318. The number of rotatable bonds is 4. The second-order valence-electron chi connectivity index (χ2n) is 5.56. The van der Waals surface area contributed by atoms with Crippen molar-refractivity contribution in [3.8, 4) is 11.5 Å². The molecule has 0 aliphatic carbocycles. The summed E-state index contributed by atoms with van der Waals surface area (Å²) in [6.45, 7) is 3.86. The van der Waals surface area contributed by atoms with Gasteiger partial charge in [0.25, 0.3) is 5.56 Å². The van der Waals surface area contributed by atoms with E-state index in [-0.39, 0.29) is 22.1 Å². The Hall–Kier alpha value is -1.90. The standard InChI is InChI=1S/C18H14Br2ClN3O3/c1-3-27-14-6-10(15(20)16(21)17(14)25)8-22-24-9(2)23-13-5-4-11(19)7-12(13)18(24)26/h4-8,25H,3H2,1-2H3. The third kappa shape index (κ3) is 3.88. The Bertz CT molecular complexity index is 1130. The number of fused-ring (bicyclic) bond motifs is 1. The maximum Gasteiger partial charge on any atom is 0.282 e. The van der Waals surface area contributed by atoms with Gasteiger partial charge in [-0.2, -0.15) is 9.78 Å². The number of hydrogen-bond acceptors (Lipinski definition) is 5. The highest BCUT2D eigenvalue weighted by Gasteiger charge is 2.15. The van der Waals surface area contributed by atoms with Gasteiger partial charge in [0.1, 0.15) is 10.8 Å². The fraction of sp³-hybridized carbons (Fsp3) is 0.167. The van der Waals surface area contributed by atoms with E-state index in [1.54, 1.807) is 32.0 Å². The van der Waals surface area contributed by atoms with Crippen molar-refractivity contribution < 1.29 is 9.84 Å². The third-order valence-corrected chi connectivity index (χ3v) is 5.70. The van der Waals surface area contributed by atoms with Crippen LogP contribution in [0.1, 0.15) is 18.3 Å². The molecule has 0 bridgehead atoms. The van der Waals surface area contributed by atoms with Gasteiger partial charge in [0, 0.05) is 14.5 Å². The van der Waals surface area contributed by atoms with Crippen LogP contribution in [0.3, 0.4) is 0 Å². The summed E-state index contributed by atoms with van der Waals surface area (Å²) in [5.74, 6) is 0.516. The molecule has 0 radical (unpaired) electrons. The Kier molecular flexibility index (Phi) is 5.88. The van der Waals surface area contributed by atoms with E-state index >= 15 is 0 Å². The van der Waals surface area contributed by atoms with Gasteiger partial charge in [-0.3, -0.25) is 4.79 Å². The molecule has 1 N–H and O–H groups in total. The predicted octanol–water partition coefficient (Wildman–Crippen LogP) is 4.87. The largest absolute Gasteiger partial charge is 0.503 e. The van der Waals surface area contributed by atoms with Crippen LogP contribution in [0.4, 0.5) is 0 Å². The number of phenols is 1. The summed E-state index contributed by atoms with van der Waals surface area (Å²) in [7, 11) is 0. The molecule has 1 heterocycles. The Morgan fingerprint density at radius 1 is 1.37 bits per heavy atom. The number of phenolic OH excluding ortho intramolecular Hbond substituents is 1. The van der Waals surface area contributed by atoms with Gasteiger partial charge in [-0.1, -0.05) is 27.5 Å². The minimum Gasteiger partial charge on any atom is -0.503 e. The van der Waals surface area contributed by atoms with Crippen LogP contribution >= 0.6 is 43.5 Å². The van der Waals surface area contributed by atoms with Crippen LogP contribution < -0.4 is 10.3 Å². The van der Waals surface area contributed by atoms with Gasteiger partial charge in [0.15, 0.2) is 11.5 Å². The van der Waals surface area contributed by atoms with Gasteiger partial charge in [-0.25, -0.2) is 4.98 Å². The van der Waals surface area contributed by atoms with Gasteiger partial charge in [-0.15, -0.1) is 0 Å². The second-order valence-corrected chi connectivity index (χ2v) is 7.64. The Morgan fingerprint density at radius 3 is 2.81 bits per heavy atom. The van der Waals surface area contributed by atoms with E-state index in [0.29, 0.717) is 33.4 Å². The second kappa shape index (κ2) is 8.00. The predicted molar refractivity (Wildman–Crippen MR) is 113 cm³/mol. The maximum atomic E-state index is 12.8. The summed E-state index contributed by atoms with van der Waals surface area (Å²) in [5.41, 5.74) is 0.850. The summed E-state index contributed by atoms with van der Waals surface area (Å²) in [6, 6.07) is 6.89. The summed E-state index contributed by atoms with van der Waals surface area (Å²) < 4.78 is 7.81. The van der Waals surface area contributed by atoms with E-state index in [9.17, 15) is 9.90 Å². The van der Waals surface area contributed by atoms with E-state index in [1.807, 2.05) is 6.07 Å². The zero-order valence-electron chi connectivity index (χ0n) is 14.3. The first kappa shape index (κ1) is 19.9. The monoisotopic (exact) mass is 513 g/mol. The fourth-order valence-electron chi connectivity index (χ4n) is 2.49. The van der Waals surface area contributed by atoms with Gasteiger partial charge < -0.3 is 9.84 Å². The van der Waals surface area contributed by atoms with Crippen molar-refractivity contribution in [2.45, 2.75) is 13.8 Å². The van der Waals surface area contributed by atoms with Crippen molar-refractivity contribution in [1.29, 1.82) is 0 Å². The molecule has 0 spiro atoms. The highest BCUT2D eigenvalue weighted by Crippen LogP contribution is 2.41. The van der Waals surface area contributed by atoms with E-state index in [4.69, 9.17) is 16.3 Å². The molecule has 27 heavy (non-hydrogen) atoms. The van der Waals surface area contributed by atoms with E-state index in [2.05, 4.69) is 41.9 Å². The number of aryl methyl sites for hydroxylation is 1. The number of aromatic hydroxyl groups is 1. The highest BCUT2D eigenvalue weighted by atomic mass is 79.9. The number of benzene rings is 2. The van der Waals surface area contributed by atoms with Gasteiger partial charge in [0.05, 0.1) is 23.7 Å². The first-order valence-corrected chi connectivity index (χ1v) is 9.87. The molecule has 0 amide bonds. The number of halogens is 3. The molecule has 9 heteroatoms. The average molecular weight is 516 g/mol. The zero-order valence-corrected chi connectivity index (χ0v) is 18.3. The van der Waals surface area contributed by atoms with Crippen LogP contribution in [0.25, 0.3) is 10.9 Å². The lowest BCUT2D eigenvalue weighted by Gasteiger charge is -2.11. The molecule has 0 fully saturated rings. The first-order chi connectivity index (χ1) is 12.8. The van der Waals surface area contributed by atoms with E-state index in [1.165, 1.54) is 10.9 Å². The summed E-state index contributed by atoms with van der Waals surface area (Å²) in [6.07, 6.45) is 1.46. The zero-order chi connectivity index (χ0) is 19.7. The minimum atomic E-state index is -0.291. The van der Waals surface area contributed by atoms with Gasteiger partial charge in [-0.05, 0) is 54.0 Å². The quantitative estimate of drug-likeness (QED) is 0.503. The average Bonchev–Trinajstić information content (AvgIpc) is 2.64. The number of nitrogens with zero attached hydrogens (tertiary/aromatic N) is 3. The molecule has 3 aromatic rings. The topological polar surface area (TPSA) is 76.7 Å². The van der Waals surface area contributed by atoms with Crippen LogP contribution in [0.2, 0.25) is 5.02 Å². The summed E-state index contributed by atoms with van der Waals surface area (Å²) in [5, 5.41) is 14.9. The van der Waals surface area contributed by atoms with Crippen LogP contribution in [-0.2, 0) is 0 Å². The molecule has 0 saturated heterocycles. The molecule has 6 nitrogen and oxygen atoms in total. The lowest BCUT2D eigenvalue weighted by Crippen LogP contribution is -2.20. The van der Waals surface area contributed by atoms with Crippen LogP contribution in [0.15, 0.2) is 43.1 Å². The molecule has 0 saturated carbocycles. The van der Waals surface area contributed by atoms with Crippen molar-refractivity contribution in [2.24, 2.45) is 5.10 Å². The van der Waals surface area contributed by atoms with Crippen molar-refractivity contribution in [3.05, 3.63) is 60.0 Å². The molecule has 0 aliphatic rings. The van der Waals surface area contributed by atoms with Gasteiger partial charge in [0.2, 0.25) is 0 Å². The van der Waals surface area contributed by atoms with Gasteiger partial charge >= 0.3 is 0 Å². The molecule has 140 valence electrons. The number of hydrogen-bond donors (Lipinski definition) is 1. The molecule has 2 aromatic carbocycles. The van der Waals surface area contributed by atoms with Crippen molar-refractivity contribution in [2.75, 3.05) is 6.61 Å². The molecule has 0 unspecified atom stereocenters. The molecular weight excluding hydrogens is 501 g/mol. The Balaban J connectivity index is 2.13. The molecule has 3 rings (SSSR count). The number of aromatic nitrogens is 2. The SMILES string of the molecule is CCOc1cc(C=Nn2c(C)nc3ccc(Br)cc3c2=O)c(Br)c(Cl)c1O. The summed E-state index contributed by atoms with van der Waals surface area (Å²) in [4.78, 5) is 17.2. The molecule has 0 aliphatic heterocycles. The Labute approximate surface area is 176 Å². The lowest BCUT2D eigenvalue weighted by atomic mass is 10.2. The summed E-state index contributed by atoms with van der Waals surface area (Å²) >= 11 is 12.8. The maximum absolute atomic E-state index is 12.8. The Morgan fingerprint density at radius 2 is 2.11 bits per heavy atom. The van der Waals surface area contributed by atoms with Crippen LogP contribution in [-0.4, -0.2) is 27.6 Å². The van der Waals surface area contributed by atoms with E-state index in [0.717, 1.165) is 4.47 Å². The van der Waals surface area contributed by atoms with E-state index < -0.39 is 0 Å². The van der Waals surface area contributed by atoms with Crippen LogP contribution in [0.5, 0.6) is 11.5 Å². The normalized spacial score (nSPS) is 11.4. The molecular formula is C18H14Br2ClN3O3. The third-order valence-electron chi connectivity index (χ3n) is 3.76. The first-order valence-electron chi connectivity index (χ1n) is 7.90.